The van der Waals surface area contributed by atoms with Crippen molar-refractivity contribution in [1.29, 1.82) is 0 Å². The summed E-state index contributed by atoms with van der Waals surface area (Å²) in [5, 5.41) is 6.00. The zero-order valence-electron chi connectivity index (χ0n) is 13.7. The number of primary sulfonamides is 1. The Hall–Kier alpha value is -2.77. The minimum absolute atomic E-state index is 0.298. The van der Waals surface area contributed by atoms with Gasteiger partial charge in [-0.1, -0.05) is 11.6 Å². The van der Waals surface area contributed by atoms with E-state index in [4.69, 9.17) is 16.7 Å². The molecule has 0 aromatic heterocycles. The summed E-state index contributed by atoms with van der Waals surface area (Å²) in [7, 11) is -4.29. The number of carbonyl (C=O) groups is 2. The molecule has 0 fully saturated rings. The van der Waals surface area contributed by atoms with Crippen molar-refractivity contribution < 1.29 is 44.7 Å². The number of benzene rings is 2. The van der Waals surface area contributed by atoms with E-state index in [2.05, 4.69) is 4.74 Å². The Morgan fingerprint density at radius 3 is 2.03 bits per heavy atom. The average Bonchev–Trinajstić information content (AvgIpc) is 2.65. The number of anilines is 1. The third-order valence-corrected chi connectivity index (χ3v) is 4.67. The van der Waals surface area contributed by atoms with Crippen LogP contribution in [-0.4, -0.2) is 26.9 Å². The SMILES string of the molecule is NS(=O)(=O)c1cc(C(=O)OCC(=O)Nc2c(F)c(F)c(F)c(F)c2F)ccc1Cl. The molecule has 0 aliphatic heterocycles. The lowest BCUT2D eigenvalue weighted by molar-refractivity contribution is -0.119. The van der Waals surface area contributed by atoms with Crippen molar-refractivity contribution in [3.05, 3.63) is 57.9 Å². The van der Waals surface area contributed by atoms with Crippen molar-refractivity contribution in [2.75, 3.05) is 11.9 Å². The van der Waals surface area contributed by atoms with Crippen molar-refractivity contribution >= 4 is 39.2 Å². The van der Waals surface area contributed by atoms with Crippen LogP contribution in [0.2, 0.25) is 5.02 Å². The van der Waals surface area contributed by atoms with Crippen LogP contribution in [0.5, 0.6) is 0 Å². The Morgan fingerprint density at radius 2 is 1.52 bits per heavy atom. The topological polar surface area (TPSA) is 116 Å². The van der Waals surface area contributed by atoms with Gasteiger partial charge in [0.15, 0.2) is 29.9 Å². The van der Waals surface area contributed by atoms with E-state index in [0.29, 0.717) is 0 Å². The van der Waals surface area contributed by atoms with E-state index in [1.165, 1.54) is 5.32 Å². The average molecular weight is 459 g/mol. The first kappa shape index (κ1) is 22.5. The van der Waals surface area contributed by atoms with Crippen LogP contribution in [0.15, 0.2) is 23.1 Å². The summed E-state index contributed by atoms with van der Waals surface area (Å²) in [6.07, 6.45) is 0. The second kappa shape index (κ2) is 8.31. The molecule has 0 saturated heterocycles. The fourth-order valence-electron chi connectivity index (χ4n) is 1.95. The van der Waals surface area contributed by atoms with Gasteiger partial charge in [0.25, 0.3) is 5.91 Å². The normalized spacial score (nSPS) is 11.3. The monoisotopic (exact) mass is 458 g/mol. The number of nitrogens with two attached hydrogens (primary N) is 1. The minimum atomic E-state index is -4.29. The first-order valence-electron chi connectivity index (χ1n) is 7.15. The Bertz CT molecular complexity index is 1100. The second-order valence-corrected chi connectivity index (χ2v) is 7.20. The van der Waals surface area contributed by atoms with Gasteiger partial charge in [-0.25, -0.2) is 40.3 Å². The highest BCUT2D eigenvalue weighted by atomic mass is 35.5. The van der Waals surface area contributed by atoms with Gasteiger partial charge in [0.1, 0.15) is 10.6 Å². The van der Waals surface area contributed by atoms with Crippen LogP contribution in [0.1, 0.15) is 10.4 Å². The van der Waals surface area contributed by atoms with E-state index in [-0.39, 0.29) is 5.02 Å². The number of halogens is 6. The number of rotatable bonds is 5. The Balaban J connectivity index is 2.14. The van der Waals surface area contributed by atoms with E-state index < -0.39 is 73.7 Å². The molecule has 7 nitrogen and oxygen atoms in total. The highest BCUT2D eigenvalue weighted by Gasteiger charge is 2.27. The van der Waals surface area contributed by atoms with Crippen LogP contribution >= 0.6 is 11.6 Å². The molecular formula is C15H8ClF5N2O5S. The lowest BCUT2D eigenvalue weighted by Gasteiger charge is -2.10. The van der Waals surface area contributed by atoms with Crippen LogP contribution in [0.25, 0.3) is 0 Å². The van der Waals surface area contributed by atoms with E-state index in [0.717, 1.165) is 18.2 Å². The van der Waals surface area contributed by atoms with Crippen molar-refractivity contribution in [1.82, 2.24) is 0 Å². The Morgan fingerprint density at radius 1 is 1.00 bits per heavy atom. The lowest BCUT2D eigenvalue weighted by Crippen LogP contribution is -2.23. The second-order valence-electron chi connectivity index (χ2n) is 5.26. The Labute approximate surface area is 164 Å². The number of carbonyl (C=O) groups excluding carboxylic acids is 2. The minimum Gasteiger partial charge on any atom is -0.452 e. The summed E-state index contributed by atoms with van der Waals surface area (Å²) in [5.41, 5.74) is -2.03. The summed E-state index contributed by atoms with van der Waals surface area (Å²) in [6, 6.07) is 2.79. The molecule has 0 bridgehead atoms. The standard InChI is InChI=1S/C15H8ClF5N2O5S/c16-6-2-1-5(3-7(6)29(22,26)27)15(25)28-4-8(24)23-14-12(20)10(18)9(17)11(19)13(14)21/h1-3H,4H2,(H,23,24)(H2,22,26,27). The zero-order chi connectivity index (χ0) is 22.1. The van der Waals surface area contributed by atoms with E-state index in [9.17, 15) is 40.0 Å². The number of ether oxygens (including phenoxy) is 1. The molecular weight excluding hydrogens is 451 g/mol. The largest absolute Gasteiger partial charge is 0.452 e. The van der Waals surface area contributed by atoms with Gasteiger partial charge in [0.2, 0.25) is 15.8 Å². The van der Waals surface area contributed by atoms with Crippen molar-refractivity contribution in [2.24, 2.45) is 5.14 Å². The number of hydrogen-bond acceptors (Lipinski definition) is 5. The molecule has 29 heavy (non-hydrogen) atoms. The van der Waals surface area contributed by atoms with Gasteiger partial charge < -0.3 is 10.1 Å². The molecule has 0 aliphatic rings. The van der Waals surface area contributed by atoms with E-state index in [1.54, 1.807) is 0 Å². The van der Waals surface area contributed by atoms with Crippen molar-refractivity contribution in [3.8, 4) is 0 Å². The molecule has 2 aromatic carbocycles. The maximum atomic E-state index is 13.5. The van der Waals surface area contributed by atoms with Crippen LogP contribution in [0.3, 0.4) is 0 Å². The molecule has 0 aliphatic carbocycles. The van der Waals surface area contributed by atoms with Gasteiger partial charge in [0.05, 0.1) is 10.6 Å². The smallest absolute Gasteiger partial charge is 0.338 e. The zero-order valence-corrected chi connectivity index (χ0v) is 15.3. The van der Waals surface area contributed by atoms with Gasteiger partial charge in [-0.15, -0.1) is 0 Å². The third kappa shape index (κ3) is 4.81. The molecule has 0 saturated carbocycles. The lowest BCUT2D eigenvalue weighted by atomic mass is 10.2. The van der Waals surface area contributed by atoms with Crippen molar-refractivity contribution in [2.45, 2.75) is 4.90 Å². The maximum Gasteiger partial charge on any atom is 0.338 e. The van der Waals surface area contributed by atoms with Gasteiger partial charge in [0, 0.05) is 0 Å². The number of hydrogen-bond donors (Lipinski definition) is 2. The highest BCUT2D eigenvalue weighted by Crippen LogP contribution is 2.27. The molecule has 0 spiro atoms. The Kier molecular flexibility index (Phi) is 6.45. The number of sulfonamides is 1. The first-order valence-corrected chi connectivity index (χ1v) is 9.07. The van der Waals surface area contributed by atoms with E-state index >= 15 is 0 Å². The first-order chi connectivity index (χ1) is 13.3. The van der Waals surface area contributed by atoms with Crippen LogP contribution in [0, 0.1) is 29.1 Å². The van der Waals surface area contributed by atoms with Gasteiger partial charge >= 0.3 is 5.97 Å². The van der Waals surface area contributed by atoms with Crippen LogP contribution in [0.4, 0.5) is 27.6 Å². The fourth-order valence-corrected chi connectivity index (χ4v) is 3.02. The van der Waals surface area contributed by atoms with Crippen LogP contribution < -0.4 is 10.5 Å². The maximum absolute atomic E-state index is 13.5. The molecule has 3 N–H and O–H groups in total. The highest BCUT2D eigenvalue weighted by molar-refractivity contribution is 7.89. The van der Waals surface area contributed by atoms with Crippen molar-refractivity contribution in [3.63, 3.8) is 0 Å². The third-order valence-electron chi connectivity index (χ3n) is 3.28. The van der Waals surface area contributed by atoms with Gasteiger partial charge in [-0.2, -0.15) is 0 Å². The molecule has 156 valence electrons. The molecule has 2 aromatic rings. The molecule has 14 heteroatoms. The molecule has 0 atom stereocenters. The summed E-state index contributed by atoms with van der Waals surface area (Å²) in [4.78, 5) is 22.9. The van der Waals surface area contributed by atoms with Gasteiger partial charge in [-0.3, -0.25) is 4.79 Å². The number of nitrogens with one attached hydrogen (secondary N) is 1. The van der Waals surface area contributed by atoms with E-state index in [1.807, 2.05) is 0 Å². The number of amides is 1. The quantitative estimate of drug-likeness (QED) is 0.309. The van der Waals surface area contributed by atoms with Crippen LogP contribution in [-0.2, 0) is 19.6 Å². The molecule has 2 rings (SSSR count). The summed E-state index contributed by atoms with van der Waals surface area (Å²) < 4.78 is 93.3. The summed E-state index contributed by atoms with van der Waals surface area (Å²) in [5.74, 6) is -14.3. The molecule has 0 unspecified atom stereocenters. The predicted molar refractivity (Wildman–Crippen MR) is 88.0 cm³/mol. The van der Waals surface area contributed by atoms with Gasteiger partial charge in [-0.05, 0) is 18.2 Å². The summed E-state index contributed by atoms with van der Waals surface area (Å²) >= 11 is 5.64. The fraction of sp³-hybridized carbons (Fsp3) is 0.0667. The summed E-state index contributed by atoms with van der Waals surface area (Å²) in [6.45, 7) is -1.20. The predicted octanol–water partition coefficient (Wildman–Crippen LogP) is 2.48. The molecule has 0 radical (unpaired) electrons. The molecule has 0 heterocycles. The molecule has 1 amide bonds. The number of esters is 1.